The van der Waals surface area contributed by atoms with Crippen molar-refractivity contribution < 1.29 is 23.8 Å². The van der Waals surface area contributed by atoms with Crippen molar-refractivity contribution in [1.82, 2.24) is 15.8 Å². The second kappa shape index (κ2) is 7.74. The number of carbonyl (C=O) groups excluding carboxylic acids is 2. The summed E-state index contributed by atoms with van der Waals surface area (Å²) in [5.74, 6) is 1.66. The minimum Gasteiger partial charge on any atom is -0.469 e. The van der Waals surface area contributed by atoms with Crippen LogP contribution in [0.4, 0.5) is 0 Å². The second-order valence-corrected chi connectivity index (χ2v) is 7.21. The third kappa shape index (κ3) is 3.72. The predicted octanol–water partition coefficient (Wildman–Crippen LogP) is 1.12. The Morgan fingerprint density at radius 3 is 2.93 bits per heavy atom. The number of rotatable bonds is 5. The van der Waals surface area contributed by atoms with Crippen molar-refractivity contribution in [2.75, 3.05) is 27.0 Å². The Kier molecular flexibility index (Phi) is 5.18. The second-order valence-electron chi connectivity index (χ2n) is 7.21. The third-order valence-electron chi connectivity index (χ3n) is 5.62. The lowest BCUT2D eigenvalue weighted by Gasteiger charge is -2.36. The van der Waals surface area contributed by atoms with Gasteiger partial charge >= 0.3 is 5.97 Å². The summed E-state index contributed by atoms with van der Waals surface area (Å²) < 4.78 is 15.5. The van der Waals surface area contributed by atoms with Gasteiger partial charge in [0.15, 0.2) is 11.5 Å². The van der Waals surface area contributed by atoms with Crippen molar-refractivity contribution >= 4 is 11.9 Å². The normalized spacial score (nSPS) is 26.0. The van der Waals surface area contributed by atoms with Gasteiger partial charge in [-0.2, -0.15) is 0 Å². The zero-order valence-corrected chi connectivity index (χ0v) is 15.4. The number of hydrogen-bond acceptors (Lipinski definition) is 7. The van der Waals surface area contributed by atoms with Crippen LogP contribution in [0.25, 0.3) is 0 Å². The Labute approximate surface area is 158 Å². The van der Waals surface area contributed by atoms with Gasteiger partial charge in [-0.05, 0) is 30.5 Å². The first-order valence-electron chi connectivity index (χ1n) is 9.41. The molecule has 2 N–H and O–H groups in total. The SMILES string of the molecule is COC(=O)CCCC(=O)N1CCC2NNC(c3ccc4c(c3)OCO4)C2C1. The van der Waals surface area contributed by atoms with Gasteiger partial charge in [-0.25, -0.2) is 5.43 Å². The van der Waals surface area contributed by atoms with Gasteiger partial charge in [-0.3, -0.25) is 15.0 Å². The molecule has 1 amide bonds. The van der Waals surface area contributed by atoms with Gasteiger partial charge in [0.25, 0.3) is 0 Å². The van der Waals surface area contributed by atoms with Crippen LogP contribution in [0.5, 0.6) is 11.5 Å². The molecule has 0 aliphatic carbocycles. The van der Waals surface area contributed by atoms with E-state index in [-0.39, 0.29) is 37.0 Å². The van der Waals surface area contributed by atoms with Gasteiger partial charge in [0.1, 0.15) is 0 Å². The lowest BCUT2D eigenvalue weighted by molar-refractivity contribution is -0.141. The molecule has 0 saturated carbocycles. The highest BCUT2D eigenvalue weighted by molar-refractivity contribution is 5.77. The van der Waals surface area contributed by atoms with Crippen molar-refractivity contribution in [2.24, 2.45) is 5.92 Å². The lowest BCUT2D eigenvalue weighted by atomic mass is 9.85. The first-order chi connectivity index (χ1) is 13.2. The van der Waals surface area contributed by atoms with Crippen LogP contribution in [-0.2, 0) is 14.3 Å². The fourth-order valence-corrected chi connectivity index (χ4v) is 4.11. The summed E-state index contributed by atoms with van der Waals surface area (Å²) in [6.45, 7) is 1.69. The highest BCUT2D eigenvalue weighted by Crippen LogP contribution is 2.39. The monoisotopic (exact) mass is 375 g/mol. The van der Waals surface area contributed by atoms with Crippen molar-refractivity contribution in [1.29, 1.82) is 0 Å². The molecule has 3 aliphatic rings. The van der Waals surface area contributed by atoms with Gasteiger partial charge in [0, 0.05) is 37.9 Å². The van der Waals surface area contributed by atoms with E-state index in [0.29, 0.717) is 25.4 Å². The van der Waals surface area contributed by atoms with Gasteiger partial charge in [-0.15, -0.1) is 0 Å². The number of esters is 1. The molecule has 3 heterocycles. The summed E-state index contributed by atoms with van der Waals surface area (Å²) in [5, 5.41) is 0. The number of methoxy groups -OCH3 is 1. The van der Waals surface area contributed by atoms with Crippen molar-refractivity contribution in [2.45, 2.75) is 37.8 Å². The number of carbonyl (C=O) groups is 2. The number of fused-ring (bicyclic) bond motifs is 2. The van der Waals surface area contributed by atoms with Crippen LogP contribution in [0.15, 0.2) is 18.2 Å². The topological polar surface area (TPSA) is 89.1 Å². The fourth-order valence-electron chi connectivity index (χ4n) is 4.11. The molecule has 3 unspecified atom stereocenters. The Morgan fingerprint density at radius 1 is 1.22 bits per heavy atom. The standard InChI is InChI=1S/C19H25N3O5/c1-25-18(24)4-2-3-17(23)22-8-7-14-13(10-22)19(21-20-14)12-5-6-15-16(9-12)27-11-26-15/h5-6,9,13-14,19-21H,2-4,7-8,10-11H2,1H3. The lowest BCUT2D eigenvalue weighted by Crippen LogP contribution is -2.47. The molecular formula is C19H25N3O5. The number of nitrogens with zero attached hydrogens (tertiary/aromatic N) is 1. The van der Waals surface area contributed by atoms with E-state index < -0.39 is 0 Å². The molecule has 1 aromatic carbocycles. The number of hydrogen-bond donors (Lipinski definition) is 2. The molecular weight excluding hydrogens is 350 g/mol. The molecule has 0 aromatic heterocycles. The van der Waals surface area contributed by atoms with Gasteiger partial charge < -0.3 is 19.1 Å². The molecule has 146 valence electrons. The number of amides is 1. The zero-order chi connectivity index (χ0) is 18.8. The van der Waals surface area contributed by atoms with E-state index in [4.69, 9.17) is 9.47 Å². The average Bonchev–Trinajstić information content (AvgIpc) is 3.33. The number of likely N-dealkylation sites (tertiary alicyclic amines) is 1. The molecule has 8 heteroatoms. The molecule has 4 rings (SSSR count). The number of nitrogens with one attached hydrogen (secondary N) is 2. The molecule has 2 saturated heterocycles. The van der Waals surface area contributed by atoms with Crippen LogP contribution in [0.3, 0.4) is 0 Å². The highest BCUT2D eigenvalue weighted by Gasteiger charge is 2.41. The van der Waals surface area contributed by atoms with Gasteiger partial charge in [0.2, 0.25) is 12.7 Å². The van der Waals surface area contributed by atoms with E-state index >= 15 is 0 Å². The van der Waals surface area contributed by atoms with E-state index in [1.807, 2.05) is 23.1 Å². The minimum absolute atomic E-state index is 0.105. The molecule has 27 heavy (non-hydrogen) atoms. The summed E-state index contributed by atoms with van der Waals surface area (Å²) >= 11 is 0. The van der Waals surface area contributed by atoms with E-state index in [1.54, 1.807) is 0 Å². The first kappa shape index (κ1) is 18.1. The van der Waals surface area contributed by atoms with E-state index in [1.165, 1.54) is 7.11 Å². The Bertz CT molecular complexity index is 725. The maximum atomic E-state index is 12.5. The summed E-state index contributed by atoms with van der Waals surface area (Å²) in [4.78, 5) is 25.7. The predicted molar refractivity (Wildman–Crippen MR) is 95.9 cm³/mol. The molecule has 1 aromatic rings. The zero-order valence-electron chi connectivity index (χ0n) is 15.4. The molecule has 0 radical (unpaired) electrons. The quantitative estimate of drug-likeness (QED) is 0.746. The third-order valence-corrected chi connectivity index (χ3v) is 5.62. The first-order valence-corrected chi connectivity index (χ1v) is 9.41. The minimum atomic E-state index is -0.270. The maximum absolute atomic E-state index is 12.5. The number of piperidine rings is 1. The van der Waals surface area contributed by atoms with Gasteiger partial charge in [-0.1, -0.05) is 6.07 Å². The number of hydrazine groups is 1. The molecule has 8 nitrogen and oxygen atoms in total. The largest absolute Gasteiger partial charge is 0.469 e. The van der Waals surface area contributed by atoms with Crippen LogP contribution in [0.1, 0.15) is 37.3 Å². The molecule has 3 atom stereocenters. The van der Waals surface area contributed by atoms with Crippen LogP contribution in [-0.4, -0.2) is 49.8 Å². The van der Waals surface area contributed by atoms with Crippen molar-refractivity contribution in [3.05, 3.63) is 23.8 Å². The van der Waals surface area contributed by atoms with Crippen LogP contribution in [0, 0.1) is 5.92 Å². The summed E-state index contributed by atoms with van der Waals surface area (Å²) in [5.41, 5.74) is 7.89. The summed E-state index contributed by atoms with van der Waals surface area (Å²) in [7, 11) is 1.37. The fraction of sp³-hybridized carbons (Fsp3) is 0.579. The van der Waals surface area contributed by atoms with E-state index in [0.717, 1.165) is 30.0 Å². The maximum Gasteiger partial charge on any atom is 0.305 e. The Hall–Kier alpha value is -2.32. The molecule has 0 spiro atoms. The van der Waals surface area contributed by atoms with E-state index in [9.17, 15) is 9.59 Å². The van der Waals surface area contributed by atoms with Crippen LogP contribution >= 0.6 is 0 Å². The van der Waals surface area contributed by atoms with Crippen LogP contribution in [0.2, 0.25) is 0 Å². The summed E-state index contributed by atoms with van der Waals surface area (Å²) in [6, 6.07) is 6.44. The van der Waals surface area contributed by atoms with E-state index in [2.05, 4.69) is 15.6 Å². The Morgan fingerprint density at radius 2 is 2.07 bits per heavy atom. The molecule has 0 bridgehead atoms. The Balaban J connectivity index is 1.39. The molecule has 2 fully saturated rings. The highest BCUT2D eigenvalue weighted by atomic mass is 16.7. The van der Waals surface area contributed by atoms with Gasteiger partial charge in [0.05, 0.1) is 13.2 Å². The van der Waals surface area contributed by atoms with Crippen molar-refractivity contribution in [3.8, 4) is 11.5 Å². The smallest absolute Gasteiger partial charge is 0.305 e. The van der Waals surface area contributed by atoms with Crippen LogP contribution < -0.4 is 20.3 Å². The molecule has 3 aliphatic heterocycles. The van der Waals surface area contributed by atoms with Crippen molar-refractivity contribution in [3.63, 3.8) is 0 Å². The summed E-state index contributed by atoms with van der Waals surface area (Å²) in [6.07, 6.45) is 2.09. The average molecular weight is 375 g/mol. The number of benzene rings is 1. The number of ether oxygens (including phenoxy) is 3.